The molecule has 0 aliphatic heterocycles. The molecule has 0 fully saturated rings. The minimum Gasteiger partial charge on any atom is -0.452 e. The average molecular weight is 397 g/mol. The molecule has 1 amide bonds. The van der Waals surface area contributed by atoms with Crippen molar-refractivity contribution in [2.45, 2.75) is 39.5 Å². The van der Waals surface area contributed by atoms with Crippen molar-refractivity contribution in [2.75, 3.05) is 11.9 Å². The maximum Gasteiger partial charge on any atom is 0.342 e. The van der Waals surface area contributed by atoms with Gasteiger partial charge in [0.2, 0.25) is 5.88 Å². The number of esters is 1. The maximum absolute atomic E-state index is 12.4. The zero-order valence-electron chi connectivity index (χ0n) is 16.8. The van der Waals surface area contributed by atoms with Gasteiger partial charge in [-0.15, -0.1) is 0 Å². The molecule has 0 bridgehead atoms. The number of nitrogens with zero attached hydrogens (tertiary/aromatic N) is 4. The fourth-order valence-electron chi connectivity index (χ4n) is 2.63. The van der Waals surface area contributed by atoms with Crippen molar-refractivity contribution in [3.8, 4) is 5.82 Å². The number of rotatable bonds is 6. The number of hydrogen-bond acceptors (Lipinski definition) is 7. The Morgan fingerprint density at radius 2 is 2.07 bits per heavy atom. The number of pyridine rings is 1. The molecule has 0 radical (unpaired) electrons. The van der Waals surface area contributed by atoms with Crippen LogP contribution in [0.25, 0.3) is 5.82 Å². The van der Waals surface area contributed by atoms with E-state index < -0.39 is 18.5 Å². The summed E-state index contributed by atoms with van der Waals surface area (Å²) in [5, 5.41) is 10.7. The van der Waals surface area contributed by atoms with Gasteiger partial charge in [0.1, 0.15) is 5.56 Å². The highest BCUT2D eigenvalue weighted by atomic mass is 16.5. The molecule has 0 aromatic carbocycles. The summed E-state index contributed by atoms with van der Waals surface area (Å²) in [4.78, 5) is 28.8. The minimum atomic E-state index is -0.632. The smallest absolute Gasteiger partial charge is 0.342 e. The van der Waals surface area contributed by atoms with Crippen molar-refractivity contribution in [1.29, 1.82) is 0 Å². The fraction of sp³-hybridized carbons (Fsp3) is 0.350. The first kappa shape index (κ1) is 20.2. The van der Waals surface area contributed by atoms with Crippen LogP contribution in [0.15, 0.2) is 41.2 Å². The topological polar surface area (TPSA) is 112 Å². The standard InChI is InChI=1S/C20H23N5O4/c1-5-14-13(11-22-25(14)16-8-6-7-9-21-16)19(27)28-12-17(26)23-18-10-15(24-29-18)20(2,3)4/h6-11H,5,12H2,1-4H3,(H,23,26). The molecule has 0 unspecified atom stereocenters. The van der Waals surface area contributed by atoms with E-state index in [0.29, 0.717) is 29.2 Å². The summed E-state index contributed by atoms with van der Waals surface area (Å²) in [5.74, 6) is -0.355. The van der Waals surface area contributed by atoms with Gasteiger partial charge in [-0.05, 0) is 18.6 Å². The van der Waals surface area contributed by atoms with Gasteiger partial charge in [0, 0.05) is 17.7 Å². The van der Waals surface area contributed by atoms with Crippen LogP contribution in [0.4, 0.5) is 5.88 Å². The quantitative estimate of drug-likeness (QED) is 0.636. The Hall–Kier alpha value is -3.49. The van der Waals surface area contributed by atoms with Crippen molar-refractivity contribution in [3.05, 3.63) is 53.6 Å². The van der Waals surface area contributed by atoms with Crippen LogP contribution in [-0.2, 0) is 21.4 Å². The number of aromatic nitrogens is 4. The minimum absolute atomic E-state index is 0.202. The molecular weight excluding hydrogens is 374 g/mol. The van der Waals surface area contributed by atoms with Gasteiger partial charge < -0.3 is 9.26 Å². The molecule has 0 spiro atoms. The SMILES string of the molecule is CCc1c(C(=O)OCC(=O)Nc2cc(C(C)(C)C)no2)cnn1-c1ccccn1. The number of carbonyl (C=O) groups is 2. The lowest BCUT2D eigenvalue weighted by Crippen LogP contribution is -2.21. The maximum atomic E-state index is 12.4. The second kappa shape index (κ2) is 8.26. The van der Waals surface area contributed by atoms with E-state index in [1.54, 1.807) is 29.1 Å². The van der Waals surface area contributed by atoms with Gasteiger partial charge in [-0.2, -0.15) is 5.10 Å². The first-order valence-electron chi connectivity index (χ1n) is 9.22. The van der Waals surface area contributed by atoms with E-state index in [4.69, 9.17) is 9.26 Å². The predicted molar refractivity (Wildman–Crippen MR) is 105 cm³/mol. The van der Waals surface area contributed by atoms with Crippen LogP contribution in [0, 0.1) is 0 Å². The number of carbonyl (C=O) groups excluding carboxylic acids is 2. The van der Waals surface area contributed by atoms with Crippen LogP contribution in [-0.4, -0.2) is 38.4 Å². The lowest BCUT2D eigenvalue weighted by Gasteiger charge is -2.12. The number of ether oxygens (including phenoxy) is 1. The number of anilines is 1. The zero-order chi connectivity index (χ0) is 21.0. The molecule has 0 atom stereocenters. The van der Waals surface area contributed by atoms with Crippen LogP contribution >= 0.6 is 0 Å². The molecule has 3 heterocycles. The second-order valence-electron chi connectivity index (χ2n) is 7.41. The zero-order valence-corrected chi connectivity index (χ0v) is 16.8. The molecule has 3 aromatic heterocycles. The molecule has 29 heavy (non-hydrogen) atoms. The van der Waals surface area contributed by atoms with Crippen molar-refractivity contribution < 1.29 is 18.8 Å². The van der Waals surface area contributed by atoms with Gasteiger partial charge in [-0.3, -0.25) is 10.1 Å². The van der Waals surface area contributed by atoms with Crippen molar-refractivity contribution >= 4 is 17.8 Å². The van der Waals surface area contributed by atoms with E-state index in [1.165, 1.54) is 6.20 Å². The summed E-state index contributed by atoms with van der Waals surface area (Å²) < 4.78 is 11.8. The lowest BCUT2D eigenvalue weighted by molar-refractivity contribution is -0.119. The average Bonchev–Trinajstić information content (AvgIpc) is 3.33. The summed E-state index contributed by atoms with van der Waals surface area (Å²) in [6.45, 7) is 7.39. The molecule has 0 aliphatic rings. The fourth-order valence-corrected chi connectivity index (χ4v) is 2.63. The number of nitrogens with one attached hydrogen (secondary N) is 1. The second-order valence-corrected chi connectivity index (χ2v) is 7.41. The van der Waals surface area contributed by atoms with E-state index in [2.05, 4.69) is 20.6 Å². The molecule has 0 saturated heterocycles. The van der Waals surface area contributed by atoms with Gasteiger partial charge >= 0.3 is 5.97 Å². The molecular formula is C20H23N5O4. The third-order valence-electron chi connectivity index (χ3n) is 4.17. The Kier molecular flexibility index (Phi) is 5.76. The van der Waals surface area contributed by atoms with Crippen LogP contribution in [0.3, 0.4) is 0 Å². The molecule has 3 aromatic rings. The summed E-state index contributed by atoms with van der Waals surface area (Å²) >= 11 is 0. The van der Waals surface area contributed by atoms with E-state index in [1.807, 2.05) is 33.8 Å². The van der Waals surface area contributed by atoms with Crippen molar-refractivity contribution in [1.82, 2.24) is 19.9 Å². The Bertz CT molecular complexity index is 1000. The lowest BCUT2D eigenvalue weighted by atomic mass is 9.92. The van der Waals surface area contributed by atoms with Gasteiger partial charge in [-0.25, -0.2) is 14.5 Å². The largest absolute Gasteiger partial charge is 0.452 e. The Morgan fingerprint density at radius 3 is 2.69 bits per heavy atom. The van der Waals surface area contributed by atoms with Gasteiger partial charge in [-0.1, -0.05) is 38.9 Å². The third kappa shape index (κ3) is 4.68. The summed E-state index contributed by atoms with van der Waals surface area (Å²) in [6, 6.07) is 7.06. The van der Waals surface area contributed by atoms with E-state index in [-0.39, 0.29) is 11.3 Å². The Labute approximate surface area is 168 Å². The van der Waals surface area contributed by atoms with Crippen molar-refractivity contribution in [3.63, 3.8) is 0 Å². The van der Waals surface area contributed by atoms with E-state index in [9.17, 15) is 9.59 Å². The molecule has 1 N–H and O–H groups in total. The van der Waals surface area contributed by atoms with Gasteiger partial charge in [0.15, 0.2) is 12.4 Å². The summed E-state index contributed by atoms with van der Waals surface area (Å²) in [5.41, 5.74) is 1.45. The first-order valence-corrected chi connectivity index (χ1v) is 9.22. The van der Waals surface area contributed by atoms with E-state index >= 15 is 0 Å². The number of hydrogen-bond donors (Lipinski definition) is 1. The molecule has 0 saturated carbocycles. The molecule has 9 nitrogen and oxygen atoms in total. The van der Waals surface area contributed by atoms with Crippen LogP contribution in [0.5, 0.6) is 0 Å². The number of amides is 1. The Balaban J connectivity index is 1.63. The highest BCUT2D eigenvalue weighted by Crippen LogP contribution is 2.23. The first-order chi connectivity index (χ1) is 13.8. The van der Waals surface area contributed by atoms with Crippen LogP contribution < -0.4 is 5.32 Å². The van der Waals surface area contributed by atoms with Gasteiger partial charge in [0.05, 0.1) is 17.6 Å². The van der Waals surface area contributed by atoms with E-state index in [0.717, 1.165) is 0 Å². The predicted octanol–water partition coefficient (Wildman–Crippen LogP) is 2.91. The Morgan fingerprint density at radius 1 is 1.28 bits per heavy atom. The normalized spacial score (nSPS) is 11.3. The summed E-state index contributed by atoms with van der Waals surface area (Å²) in [7, 11) is 0. The molecule has 9 heteroatoms. The third-order valence-corrected chi connectivity index (χ3v) is 4.17. The molecule has 152 valence electrons. The molecule has 3 rings (SSSR count). The monoisotopic (exact) mass is 397 g/mol. The van der Waals surface area contributed by atoms with Crippen molar-refractivity contribution in [2.24, 2.45) is 0 Å². The van der Waals surface area contributed by atoms with Crippen LogP contribution in [0.2, 0.25) is 0 Å². The van der Waals surface area contributed by atoms with Gasteiger partial charge in [0.25, 0.3) is 5.91 Å². The highest BCUT2D eigenvalue weighted by Gasteiger charge is 2.22. The van der Waals surface area contributed by atoms with Crippen LogP contribution in [0.1, 0.15) is 49.4 Å². The molecule has 0 aliphatic carbocycles. The highest BCUT2D eigenvalue weighted by molar-refractivity contribution is 5.95. The summed E-state index contributed by atoms with van der Waals surface area (Å²) in [6.07, 6.45) is 3.61.